The maximum atomic E-state index is 9.21. The van der Waals surface area contributed by atoms with E-state index in [0.29, 0.717) is 5.92 Å². The molecule has 0 aromatic rings. The van der Waals surface area contributed by atoms with Gasteiger partial charge in [-0.25, -0.2) is 0 Å². The Balaban J connectivity index is 2.09. The normalized spacial score (nSPS) is 60.8. The van der Waals surface area contributed by atoms with Gasteiger partial charge in [0.2, 0.25) is 0 Å². The van der Waals surface area contributed by atoms with Crippen LogP contribution < -0.4 is 0 Å². The van der Waals surface area contributed by atoms with E-state index < -0.39 is 0 Å². The van der Waals surface area contributed by atoms with E-state index in [1.807, 2.05) is 0 Å². The second kappa shape index (κ2) is 1.27. The largest absolute Gasteiger partial charge is 0.393 e. The molecular weight excluding hydrogens is 100 g/mol. The van der Waals surface area contributed by atoms with Crippen molar-refractivity contribution in [2.45, 2.75) is 25.9 Å². The van der Waals surface area contributed by atoms with Crippen LogP contribution in [0.25, 0.3) is 0 Å². The SMILES string of the molecule is CC1CC(O)C2CC12. The van der Waals surface area contributed by atoms with Crippen LogP contribution >= 0.6 is 0 Å². The van der Waals surface area contributed by atoms with Crippen molar-refractivity contribution in [2.24, 2.45) is 17.8 Å². The fourth-order valence-corrected chi connectivity index (χ4v) is 2.06. The highest BCUT2D eigenvalue weighted by molar-refractivity contribution is 5.01. The van der Waals surface area contributed by atoms with E-state index in [1.165, 1.54) is 6.42 Å². The van der Waals surface area contributed by atoms with Gasteiger partial charge in [-0.3, -0.25) is 0 Å². The Bertz CT molecular complexity index is 95.0. The Kier molecular flexibility index (Phi) is 0.762. The van der Waals surface area contributed by atoms with E-state index in [0.717, 1.165) is 18.3 Å². The molecule has 0 amide bonds. The molecule has 4 atom stereocenters. The number of hydrogen-bond acceptors (Lipinski definition) is 1. The van der Waals surface area contributed by atoms with Gasteiger partial charge in [0.25, 0.3) is 0 Å². The molecule has 8 heavy (non-hydrogen) atoms. The summed E-state index contributed by atoms with van der Waals surface area (Å²) in [6, 6.07) is 0. The van der Waals surface area contributed by atoms with E-state index in [4.69, 9.17) is 0 Å². The summed E-state index contributed by atoms with van der Waals surface area (Å²) in [6.07, 6.45) is 2.44. The third kappa shape index (κ3) is 0.455. The molecule has 0 aromatic heterocycles. The van der Waals surface area contributed by atoms with Gasteiger partial charge in [0.05, 0.1) is 6.10 Å². The fraction of sp³-hybridized carbons (Fsp3) is 1.00. The van der Waals surface area contributed by atoms with Crippen molar-refractivity contribution in [2.75, 3.05) is 0 Å². The number of hydrogen-bond donors (Lipinski definition) is 1. The predicted octanol–water partition coefficient (Wildman–Crippen LogP) is 1.02. The van der Waals surface area contributed by atoms with Crippen LogP contribution in [0, 0.1) is 17.8 Å². The Morgan fingerprint density at radius 2 is 2.00 bits per heavy atom. The maximum Gasteiger partial charge on any atom is 0.0573 e. The lowest BCUT2D eigenvalue weighted by atomic mass is 10.1. The first kappa shape index (κ1) is 4.80. The van der Waals surface area contributed by atoms with E-state index in [1.54, 1.807) is 0 Å². The second-order valence-corrected chi connectivity index (χ2v) is 3.34. The molecule has 2 fully saturated rings. The summed E-state index contributed by atoms with van der Waals surface area (Å²) in [4.78, 5) is 0. The molecule has 2 aliphatic carbocycles. The van der Waals surface area contributed by atoms with Crippen molar-refractivity contribution >= 4 is 0 Å². The molecule has 0 heterocycles. The van der Waals surface area contributed by atoms with E-state index in [2.05, 4.69) is 6.92 Å². The highest BCUT2D eigenvalue weighted by Crippen LogP contribution is 2.54. The number of rotatable bonds is 0. The molecule has 1 heteroatoms. The molecule has 2 rings (SSSR count). The van der Waals surface area contributed by atoms with Gasteiger partial charge in [-0.1, -0.05) is 6.92 Å². The summed E-state index contributed by atoms with van der Waals surface area (Å²) in [5.41, 5.74) is 0. The Morgan fingerprint density at radius 3 is 2.12 bits per heavy atom. The minimum atomic E-state index is 0.0648. The summed E-state index contributed by atoms with van der Waals surface area (Å²) < 4.78 is 0. The summed E-state index contributed by atoms with van der Waals surface area (Å²) in [7, 11) is 0. The summed E-state index contributed by atoms with van der Waals surface area (Å²) >= 11 is 0. The fourth-order valence-electron chi connectivity index (χ4n) is 2.06. The molecule has 2 saturated carbocycles. The molecular formula is C7H12O. The van der Waals surface area contributed by atoms with E-state index >= 15 is 0 Å². The lowest BCUT2D eigenvalue weighted by molar-refractivity contribution is 0.153. The summed E-state index contributed by atoms with van der Waals surface area (Å²) in [6.45, 7) is 2.25. The van der Waals surface area contributed by atoms with Crippen molar-refractivity contribution in [1.29, 1.82) is 0 Å². The van der Waals surface area contributed by atoms with Crippen LogP contribution in [0.2, 0.25) is 0 Å². The van der Waals surface area contributed by atoms with Gasteiger partial charge < -0.3 is 5.11 Å². The third-order valence-electron chi connectivity index (χ3n) is 2.73. The second-order valence-electron chi connectivity index (χ2n) is 3.34. The molecule has 1 nitrogen and oxygen atoms in total. The van der Waals surface area contributed by atoms with Crippen LogP contribution in [0.4, 0.5) is 0 Å². The zero-order chi connectivity index (χ0) is 5.72. The maximum absolute atomic E-state index is 9.21. The highest BCUT2D eigenvalue weighted by Gasteiger charge is 2.51. The minimum Gasteiger partial charge on any atom is -0.393 e. The van der Waals surface area contributed by atoms with E-state index in [-0.39, 0.29) is 6.10 Å². The predicted molar refractivity (Wildman–Crippen MR) is 31.4 cm³/mol. The van der Waals surface area contributed by atoms with Crippen molar-refractivity contribution in [3.8, 4) is 0 Å². The van der Waals surface area contributed by atoms with E-state index in [9.17, 15) is 5.11 Å². The monoisotopic (exact) mass is 112 g/mol. The minimum absolute atomic E-state index is 0.0648. The Hall–Kier alpha value is -0.0400. The highest BCUT2D eigenvalue weighted by atomic mass is 16.3. The molecule has 0 aromatic carbocycles. The standard InChI is InChI=1S/C7H12O/c1-4-2-7(8)6-3-5(4)6/h4-8H,2-3H2,1H3. The van der Waals surface area contributed by atoms with Crippen molar-refractivity contribution < 1.29 is 5.11 Å². The lowest BCUT2D eigenvalue weighted by Crippen LogP contribution is -2.05. The number of fused-ring (bicyclic) bond motifs is 1. The zero-order valence-corrected chi connectivity index (χ0v) is 5.17. The lowest BCUT2D eigenvalue weighted by Gasteiger charge is -2.04. The van der Waals surface area contributed by atoms with Gasteiger partial charge >= 0.3 is 0 Å². The number of aliphatic hydroxyl groups excluding tert-OH is 1. The molecule has 2 aliphatic rings. The molecule has 4 unspecified atom stereocenters. The quantitative estimate of drug-likeness (QED) is 0.496. The molecule has 0 radical (unpaired) electrons. The Morgan fingerprint density at radius 1 is 1.25 bits per heavy atom. The topological polar surface area (TPSA) is 20.2 Å². The molecule has 0 spiro atoms. The van der Waals surface area contributed by atoms with Crippen LogP contribution in [0.15, 0.2) is 0 Å². The Labute approximate surface area is 49.7 Å². The van der Waals surface area contributed by atoms with Crippen LogP contribution in [-0.2, 0) is 0 Å². The molecule has 1 N–H and O–H groups in total. The summed E-state index contributed by atoms with van der Waals surface area (Å²) in [5, 5.41) is 9.21. The van der Waals surface area contributed by atoms with Gasteiger partial charge in [0.1, 0.15) is 0 Å². The molecule has 0 aliphatic heterocycles. The summed E-state index contributed by atoms with van der Waals surface area (Å²) in [5.74, 6) is 2.44. The average Bonchev–Trinajstić information content (AvgIpc) is 2.35. The van der Waals surface area contributed by atoms with Crippen LogP contribution in [0.1, 0.15) is 19.8 Å². The molecule has 46 valence electrons. The molecule has 0 saturated heterocycles. The van der Waals surface area contributed by atoms with Gasteiger partial charge in [0, 0.05) is 0 Å². The molecule has 0 bridgehead atoms. The third-order valence-corrected chi connectivity index (χ3v) is 2.73. The van der Waals surface area contributed by atoms with Crippen molar-refractivity contribution in [3.63, 3.8) is 0 Å². The van der Waals surface area contributed by atoms with Crippen molar-refractivity contribution in [3.05, 3.63) is 0 Å². The first-order valence-electron chi connectivity index (χ1n) is 3.47. The smallest absolute Gasteiger partial charge is 0.0573 e. The first-order valence-corrected chi connectivity index (χ1v) is 3.47. The first-order chi connectivity index (χ1) is 3.79. The van der Waals surface area contributed by atoms with Gasteiger partial charge in [-0.2, -0.15) is 0 Å². The van der Waals surface area contributed by atoms with Gasteiger partial charge in [-0.05, 0) is 30.6 Å². The van der Waals surface area contributed by atoms with Gasteiger partial charge in [-0.15, -0.1) is 0 Å². The van der Waals surface area contributed by atoms with Crippen LogP contribution in [0.3, 0.4) is 0 Å². The van der Waals surface area contributed by atoms with Crippen LogP contribution in [-0.4, -0.2) is 11.2 Å². The van der Waals surface area contributed by atoms with Crippen LogP contribution in [0.5, 0.6) is 0 Å². The van der Waals surface area contributed by atoms with Crippen molar-refractivity contribution in [1.82, 2.24) is 0 Å². The van der Waals surface area contributed by atoms with Gasteiger partial charge in [0.15, 0.2) is 0 Å². The zero-order valence-electron chi connectivity index (χ0n) is 5.17. The number of aliphatic hydroxyl groups is 1. The average molecular weight is 112 g/mol.